The van der Waals surface area contributed by atoms with Gasteiger partial charge in [-0.15, -0.1) is 0 Å². The summed E-state index contributed by atoms with van der Waals surface area (Å²) in [6.07, 6.45) is 3.49. The quantitative estimate of drug-likeness (QED) is 0.712. The van der Waals surface area contributed by atoms with Gasteiger partial charge in [0.1, 0.15) is 0 Å². The molecule has 6 heteroatoms. The zero-order valence-electron chi connectivity index (χ0n) is 14.3. The summed E-state index contributed by atoms with van der Waals surface area (Å²) >= 11 is 6.08. The van der Waals surface area contributed by atoms with Crippen LogP contribution in [0.4, 0.5) is 5.69 Å². The summed E-state index contributed by atoms with van der Waals surface area (Å²) < 4.78 is 1.84. The third-order valence-electron chi connectivity index (χ3n) is 4.61. The van der Waals surface area contributed by atoms with Crippen LogP contribution in [0.1, 0.15) is 10.6 Å². The number of amides is 1. The molecule has 1 aliphatic heterocycles. The van der Waals surface area contributed by atoms with Gasteiger partial charge in [0.15, 0.2) is 0 Å². The van der Waals surface area contributed by atoms with Gasteiger partial charge in [0.25, 0.3) is 5.91 Å². The fraction of sp³-hybridized carbons (Fsp3) is 0.200. The number of anilines is 1. The van der Waals surface area contributed by atoms with Crippen LogP contribution >= 0.6 is 11.6 Å². The van der Waals surface area contributed by atoms with Crippen LogP contribution in [0.3, 0.4) is 0 Å². The molecule has 0 atom stereocenters. The Hall–Kier alpha value is -2.79. The van der Waals surface area contributed by atoms with Gasteiger partial charge in [0, 0.05) is 55.0 Å². The van der Waals surface area contributed by atoms with Crippen LogP contribution in [0.15, 0.2) is 67.0 Å². The van der Waals surface area contributed by atoms with Gasteiger partial charge in [-0.1, -0.05) is 35.9 Å². The molecular formula is C20H19ClN4O. The van der Waals surface area contributed by atoms with Gasteiger partial charge in [0.05, 0.1) is 0 Å². The second kappa shape index (κ2) is 7.22. The number of carbonyl (C=O) groups is 1. The van der Waals surface area contributed by atoms with Gasteiger partial charge in [-0.25, -0.2) is 4.98 Å². The van der Waals surface area contributed by atoms with E-state index >= 15 is 0 Å². The predicted molar refractivity (Wildman–Crippen MR) is 103 cm³/mol. The Kier molecular flexibility index (Phi) is 4.63. The van der Waals surface area contributed by atoms with E-state index in [1.807, 2.05) is 70.3 Å². The van der Waals surface area contributed by atoms with Crippen LogP contribution in [0.5, 0.6) is 0 Å². The molecule has 0 saturated carbocycles. The fourth-order valence-corrected chi connectivity index (χ4v) is 3.43. The molecule has 1 aromatic heterocycles. The maximum absolute atomic E-state index is 13.0. The monoisotopic (exact) mass is 366 g/mol. The van der Waals surface area contributed by atoms with E-state index in [0.29, 0.717) is 18.9 Å². The molecule has 0 unspecified atom stereocenters. The molecule has 0 bridgehead atoms. The molecule has 0 spiro atoms. The molecule has 0 radical (unpaired) electrons. The van der Waals surface area contributed by atoms with Crippen LogP contribution in [0, 0.1) is 0 Å². The van der Waals surface area contributed by atoms with Crippen molar-refractivity contribution in [1.82, 2.24) is 14.5 Å². The SMILES string of the molecule is O=C(c1nccn1-c1ccccc1)N1CCN(c2cccc(Cl)c2)CC1. The van der Waals surface area contributed by atoms with Gasteiger partial charge in [-0.05, 0) is 30.3 Å². The first-order valence-corrected chi connectivity index (χ1v) is 8.99. The number of halogens is 1. The van der Waals surface area contributed by atoms with E-state index in [9.17, 15) is 4.79 Å². The Morgan fingerprint density at radius 1 is 0.923 bits per heavy atom. The molecule has 26 heavy (non-hydrogen) atoms. The van der Waals surface area contributed by atoms with E-state index in [1.165, 1.54) is 0 Å². The zero-order valence-corrected chi connectivity index (χ0v) is 15.0. The third kappa shape index (κ3) is 3.30. The smallest absolute Gasteiger partial charge is 0.290 e. The van der Waals surface area contributed by atoms with E-state index in [1.54, 1.807) is 6.20 Å². The van der Waals surface area contributed by atoms with Crippen molar-refractivity contribution in [3.05, 3.63) is 77.8 Å². The van der Waals surface area contributed by atoms with Crippen LogP contribution in [-0.2, 0) is 0 Å². The van der Waals surface area contributed by atoms with Crippen molar-refractivity contribution in [2.24, 2.45) is 0 Å². The molecule has 5 nitrogen and oxygen atoms in total. The molecule has 1 saturated heterocycles. The topological polar surface area (TPSA) is 41.4 Å². The number of imidazole rings is 1. The summed E-state index contributed by atoms with van der Waals surface area (Å²) in [5, 5.41) is 0.728. The highest BCUT2D eigenvalue weighted by Gasteiger charge is 2.25. The van der Waals surface area contributed by atoms with Crippen molar-refractivity contribution < 1.29 is 4.79 Å². The van der Waals surface area contributed by atoms with Crippen molar-refractivity contribution in [2.75, 3.05) is 31.1 Å². The minimum Gasteiger partial charge on any atom is -0.368 e. The molecule has 1 aliphatic rings. The lowest BCUT2D eigenvalue weighted by Crippen LogP contribution is -2.49. The van der Waals surface area contributed by atoms with E-state index < -0.39 is 0 Å². The second-order valence-corrected chi connectivity index (χ2v) is 6.65. The Bertz CT molecular complexity index is 901. The standard InChI is InChI=1S/C20H19ClN4O/c21-16-5-4-8-18(15-16)23-11-13-24(14-12-23)20(26)19-22-9-10-25(19)17-6-2-1-3-7-17/h1-10,15H,11-14H2. The van der Waals surface area contributed by atoms with Crippen molar-refractivity contribution >= 4 is 23.2 Å². The maximum Gasteiger partial charge on any atom is 0.290 e. The number of piperazine rings is 1. The number of hydrogen-bond donors (Lipinski definition) is 0. The lowest BCUT2D eigenvalue weighted by Gasteiger charge is -2.36. The average molecular weight is 367 g/mol. The molecule has 0 N–H and O–H groups in total. The van der Waals surface area contributed by atoms with Crippen molar-refractivity contribution in [3.63, 3.8) is 0 Å². The third-order valence-corrected chi connectivity index (χ3v) is 4.84. The van der Waals surface area contributed by atoms with E-state index in [0.717, 1.165) is 29.5 Å². The summed E-state index contributed by atoms with van der Waals surface area (Å²) in [6, 6.07) is 17.6. The molecule has 1 amide bonds. The number of aromatic nitrogens is 2. The number of para-hydroxylation sites is 1. The molecule has 2 heterocycles. The molecule has 3 aromatic rings. The summed E-state index contributed by atoms with van der Waals surface area (Å²) in [4.78, 5) is 21.4. The van der Waals surface area contributed by atoms with Crippen molar-refractivity contribution in [2.45, 2.75) is 0 Å². The predicted octanol–water partition coefficient (Wildman–Crippen LogP) is 3.49. The number of hydrogen-bond acceptors (Lipinski definition) is 3. The Morgan fingerprint density at radius 3 is 2.38 bits per heavy atom. The molecule has 0 aliphatic carbocycles. The number of benzene rings is 2. The molecule has 4 rings (SSSR count). The largest absolute Gasteiger partial charge is 0.368 e. The van der Waals surface area contributed by atoms with Gasteiger partial charge < -0.3 is 9.80 Å². The number of carbonyl (C=O) groups excluding carboxylic acids is 1. The van der Waals surface area contributed by atoms with Crippen LogP contribution in [0.2, 0.25) is 5.02 Å². The molecular weight excluding hydrogens is 348 g/mol. The molecule has 1 fully saturated rings. The minimum atomic E-state index is -0.0374. The van der Waals surface area contributed by atoms with E-state index in [2.05, 4.69) is 9.88 Å². The number of nitrogens with zero attached hydrogens (tertiary/aromatic N) is 4. The Balaban J connectivity index is 1.47. The number of rotatable bonds is 3. The van der Waals surface area contributed by atoms with Gasteiger partial charge in [-0.2, -0.15) is 0 Å². The summed E-state index contributed by atoms with van der Waals surface area (Å²) in [6.45, 7) is 2.87. The van der Waals surface area contributed by atoms with Crippen LogP contribution in [-0.4, -0.2) is 46.5 Å². The lowest BCUT2D eigenvalue weighted by molar-refractivity contribution is 0.0732. The van der Waals surface area contributed by atoms with Crippen molar-refractivity contribution in [3.8, 4) is 5.69 Å². The lowest BCUT2D eigenvalue weighted by atomic mass is 10.2. The Labute approximate surface area is 157 Å². The first-order chi connectivity index (χ1) is 12.7. The first-order valence-electron chi connectivity index (χ1n) is 8.61. The fourth-order valence-electron chi connectivity index (χ4n) is 3.24. The van der Waals surface area contributed by atoms with Gasteiger partial charge >= 0.3 is 0 Å². The van der Waals surface area contributed by atoms with E-state index in [4.69, 9.17) is 11.6 Å². The second-order valence-electron chi connectivity index (χ2n) is 6.22. The summed E-state index contributed by atoms with van der Waals surface area (Å²) in [7, 11) is 0. The average Bonchev–Trinajstić information content (AvgIpc) is 3.18. The van der Waals surface area contributed by atoms with Crippen LogP contribution in [0.25, 0.3) is 5.69 Å². The molecule has 2 aromatic carbocycles. The summed E-state index contributed by atoms with van der Waals surface area (Å²) in [5.74, 6) is 0.414. The zero-order chi connectivity index (χ0) is 17.9. The highest BCUT2D eigenvalue weighted by Crippen LogP contribution is 2.21. The highest BCUT2D eigenvalue weighted by molar-refractivity contribution is 6.30. The van der Waals surface area contributed by atoms with Gasteiger partial charge in [0.2, 0.25) is 5.82 Å². The van der Waals surface area contributed by atoms with Gasteiger partial charge in [-0.3, -0.25) is 9.36 Å². The Morgan fingerprint density at radius 2 is 1.65 bits per heavy atom. The minimum absolute atomic E-state index is 0.0374. The van der Waals surface area contributed by atoms with E-state index in [-0.39, 0.29) is 5.91 Å². The summed E-state index contributed by atoms with van der Waals surface area (Å²) in [5.41, 5.74) is 2.03. The van der Waals surface area contributed by atoms with Crippen molar-refractivity contribution in [1.29, 1.82) is 0 Å². The highest BCUT2D eigenvalue weighted by atomic mass is 35.5. The maximum atomic E-state index is 13.0. The van der Waals surface area contributed by atoms with Crippen LogP contribution < -0.4 is 4.90 Å². The molecule has 132 valence electrons. The first kappa shape index (κ1) is 16.7. The normalized spacial score (nSPS) is 14.5.